The zero-order valence-electron chi connectivity index (χ0n) is 9.65. The van der Waals surface area contributed by atoms with E-state index in [1.165, 1.54) is 0 Å². The van der Waals surface area contributed by atoms with Crippen molar-refractivity contribution in [3.63, 3.8) is 0 Å². The largest absolute Gasteiger partial charge is 0.382 e. The average Bonchev–Trinajstić information content (AvgIpc) is 2.68. The molecule has 84 valence electrons. The number of aryl methyl sites for hydroxylation is 1. The highest BCUT2D eigenvalue weighted by atomic mass is 16.3. The second-order valence-electron chi connectivity index (χ2n) is 4.36. The van der Waals surface area contributed by atoms with E-state index in [0.717, 1.165) is 17.1 Å². The minimum Gasteiger partial charge on any atom is -0.382 e. The summed E-state index contributed by atoms with van der Waals surface area (Å²) >= 11 is 0. The molecule has 0 aliphatic heterocycles. The molecule has 2 heterocycles. The maximum absolute atomic E-state index is 9.90. The summed E-state index contributed by atoms with van der Waals surface area (Å²) in [4.78, 5) is 11.7. The normalized spacial score (nSPS) is 11.8. The first kappa shape index (κ1) is 10.8. The first-order valence-electron chi connectivity index (χ1n) is 5.19. The van der Waals surface area contributed by atoms with Crippen LogP contribution in [0.25, 0.3) is 11.4 Å². The van der Waals surface area contributed by atoms with Crippen molar-refractivity contribution in [1.29, 1.82) is 0 Å². The highest BCUT2D eigenvalue weighted by Gasteiger charge is 2.20. The molecule has 0 saturated carbocycles. The third-order valence-corrected chi connectivity index (χ3v) is 2.28. The van der Waals surface area contributed by atoms with Gasteiger partial charge in [-0.1, -0.05) is 0 Å². The van der Waals surface area contributed by atoms with Crippen LogP contribution < -0.4 is 0 Å². The lowest BCUT2D eigenvalue weighted by atomic mass is 10.1. The predicted molar refractivity (Wildman–Crippen MR) is 61.8 cm³/mol. The van der Waals surface area contributed by atoms with Gasteiger partial charge in [-0.15, -0.1) is 0 Å². The summed E-state index contributed by atoms with van der Waals surface area (Å²) in [6.45, 7) is 5.25. The van der Waals surface area contributed by atoms with Crippen LogP contribution in [0, 0.1) is 6.92 Å². The van der Waals surface area contributed by atoms with Gasteiger partial charge in [-0.2, -0.15) is 0 Å². The van der Waals surface area contributed by atoms with E-state index in [1.54, 1.807) is 13.8 Å². The smallest absolute Gasteiger partial charge is 0.160 e. The molecule has 0 radical (unpaired) electrons. The fraction of sp³-hybridized carbons (Fsp3) is 0.333. The average molecular weight is 217 g/mol. The molecule has 0 spiro atoms. The third kappa shape index (κ3) is 2.12. The van der Waals surface area contributed by atoms with Crippen LogP contribution >= 0.6 is 0 Å². The molecule has 0 aliphatic rings. The van der Waals surface area contributed by atoms with E-state index >= 15 is 0 Å². The number of rotatable bonds is 2. The van der Waals surface area contributed by atoms with Crippen LogP contribution in [0.4, 0.5) is 0 Å². The molecule has 0 amide bonds. The molecule has 0 saturated heterocycles. The lowest BCUT2D eigenvalue weighted by molar-refractivity contribution is 0.0686. The molecule has 16 heavy (non-hydrogen) atoms. The lowest BCUT2D eigenvalue weighted by Crippen LogP contribution is -2.20. The molecule has 2 N–H and O–H groups in total. The Morgan fingerprint density at radius 1 is 1.31 bits per heavy atom. The Labute approximate surface area is 94.4 Å². The second kappa shape index (κ2) is 3.72. The predicted octanol–water partition coefficient (Wildman–Crippen LogP) is 2.01. The van der Waals surface area contributed by atoms with Crippen molar-refractivity contribution in [1.82, 2.24) is 15.0 Å². The van der Waals surface area contributed by atoms with Gasteiger partial charge in [0, 0.05) is 11.9 Å². The fourth-order valence-electron chi connectivity index (χ4n) is 1.47. The molecule has 4 heteroatoms. The van der Waals surface area contributed by atoms with Gasteiger partial charge in [-0.05, 0) is 39.0 Å². The summed E-state index contributed by atoms with van der Waals surface area (Å²) in [7, 11) is 0. The minimum atomic E-state index is -1.02. The number of hydrogen-bond acceptors (Lipinski definition) is 3. The Balaban J connectivity index is 2.53. The van der Waals surface area contributed by atoms with Crippen LogP contribution in [0.5, 0.6) is 0 Å². The van der Waals surface area contributed by atoms with Crippen LogP contribution in [0.1, 0.15) is 25.4 Å². The lowest BCUT2D eigenvalue weighted by Gasteiger charge is -2.16. The number of hydrogen-bond donors (Lipinski definition) is 2. The molecule has 0 unspecified atom stereocenters. The Hall–Kier alpha value is -1.68. The molecule has 0 aliphatic carbocycles. The number of H-pyrrole nitrogens is 1. The van der Waals surface area contributed by atoms with E-state index in [4.69, 9.17) is 0 Å². The number of nitrogens with one attached hydrogen (secondary N) is 1. The van der Waals surface area contributed by atoms with Gasteiger partial charge in [-0.3, -0.25) is 0 Å². The topological polar surface area (TPSA) is 61.8 Å². The van der Waals surface area contributed by atoms with Crippen molar-refractivity contribution in [2.45, 2.75) is 26.4 Å². The van der Waals surface area contributed by atoms with E-state index in [-0.39, 0.29) is 0 Å². The van der Waals surface area contributed by atoms with Gasteiger partial charge in [0.25, 0.3) is 0 Å². The fourth-order valence-corrected chi connectivity index (χ4v) is 1.47. The van der Waals surface area contributed by atoms with E-state index < -0.39 is 5.60 Å². The van der Waals surface area contributed by atoms with Crippen LogP contribution in [0.2, 0.25) is 0 Å². The summed E-state index contributed by atoms with van der Waals surface area (Å²) in [5.41, 5.74) is 1.55. The van der Waals surface area contributed by atoms with Crippen molar-refractivity contribution in [2.75, 3.05) is 0 Å². The number of aliphatic hydroxyl groups is 1. The summed E-state index contributed by atoms with van der Waals surface area (Å²) in [5.74, 6) is 0.442. The van der Waals surface area contributed by atoms with Gasteiger partial charge in [-0.25, -0.2) is 9.97 Å². The molecule has 2 rings (SSSR count). The Bertz CT molecular complexity index is 483. The van der Waals surface area contributed by atoms with Gasteiger partial charge < -0.3 is 10.1 Å². The van der Waals surface area contributed by atoms with Crippen molar-refractivity contribution >= 4 is 0 Å². The quantitative estimate of drug-likeness (QED) is 0.808. The highest BCUT2D eigenvalue weighted by Crippen LogP contribution is 2.20. The molecule has 0 aromatic carbocycles. The summed E-state index contributed by atoms with van der Waals surface area (Å²) in [6.07, 6.45) is 1.84. The first-order valence-corrected chi connectivity index (χ1v) is 5.19. The number of nitrogens with zero attached hydrogens (tertiary/aromatic N) is 2. The van der Waals surface area contributed by atoms with Gasteiger partial charge in [0.1, 0.15) is 5.60 Å². The monoisotopic (exact) mass is 217 g/mol. The molecular weight excluding hydrogens is 202 g/mol. The second-order valence-corrected chi connectivity index (χ2v) is 4.36. The summed E-state index contributed by atoms with van der Waals surface area (Å²) < 4.78 is 0. The molecule has 0 atom stereocenters. The number of aromatic nitrogens is 3. The van der Waals surface area contributed by atoms with Crippen LogP contribution in [0.15, 0.2) is 24.4 Å². The molecule has 0 bridgehead atoms. The van der Waals surface area contributed by atoms with E-state index in [0.29, 0.717) is 5.82 Å². The van der Waals surface area contributed by atoms with Crippen molar-refractivity contribution in [3.05, 3.63) is 35.9 Å². The molecule has 2 aromatic rings. The van der Waals surface area contributed by atoms with Crippen molar-refractivity contribution in [3.8, 4) is 11.4 Å². The van der Waals surface area contributed by atoms with Crippen LogP contribution in [-0.4, -0.2) is 20.1 Å². The molecule has 0 fully saturated rings. The summed E-state index contributed by atoms with van der Waals surface area (Å²) in [6, 6.07) is 5.74. The van der Waals surface area contributed by atoms with Gasteiger partial charge in [0.15, 0.2) is 5.82 Å². The SMILES string of the molecule is Cc1cc(-c2ccc[nH]2)nc(C(C)(C)O)n1. The molecule has 2 aromatic heterocycles. The van der Waals surface area contributed by atoms with Crippen molar-refractivity contribution in [2.24, 2.45) is 0 Å². The van der Waals surface area contributed by atoms with Gasteiger partial charge in [0.2, 0.25) is 0 Å². The summed E-state index contributed by atoms with van der Waals surface area (Å²) in [5, 5.41) is 9.90. The van der Waals surface area contributed by atoms with Gasteiger partial charge >= 0.3 is 0 Å². The highest BCUT2D eigenvalue weighted by molar-refractivity contribution is 5.54. The van der Waals surface area contributed by atoms with E-state index in [2.05, 4.69) is 15.0 Å². The van der Waals surface area contributed by atoms with Crippen molar-refractivity contribution < 1.29 is 5.11 Å². The Morgan fingerprint density at radius 2 is 2.06 bits per heavy atom. The van der Waals surface area contributed by atoms with Gasteiger partial charge in [0.05, 0.1) is 11.4 Å². The van der Waals surface area contributed by atoms with E-state index in [9.17, 15) is 5.11 Å². The standard InChI is InChI=1S/C12H15N3O/c1-8-7-10(9-5-4-6-13-9)15-11(14-8)12(2,3)16/h4-7,13,16H,1-3H3. The number of aromatic amines is 1. The molecule has 4 nitrogen and oxygen atoms in total. The minimum absolute atomic E-state index is 0.442. The Kier molecular flexibility index (Phi) is 2.52. The zero-order chi connectivity index (χ0) is 11.8. The third-order valence-electron chi connectivity index (χ3n) is 2.28. The van der Waals surface area contributed by atoms with E-state index in [1.807, 2.05) is 31.3 Å². The molecular formula is C12H15N3O. The first-order chi connectivity index (χ1) is 7.47. The van der Waals surface area contributed by atoms with Crippen LogP contribution in [-0.2, 0) is 5.60 Å². The Morgan fingerprint density at radius 3 is 2.62 bits per heavy atom. The maximum Gasteiger partial charge on any atom is 0.160 e. The van der Waals surface area contributed by atoms with Crippen LogP contribution in [0.3, 0.4) is 0 Å². The maximum atomic E-state index is 9.90. The zero-order valence-corrected chi connectivity index (χ0v) is 9.65.